The lowest BCUT2D eigenvalue weighted by Crippen LogP contribution is -2.05. The van der Waals surface area contributed by atoms with Crippen LogP contribution >= 0.6 is 0 Å². The molecule has 0 bridgehead atoms. The molecular formula is C16H36O2. The average molecular weight is 260 g/mol. The summed E-state index contributed by atoms with van der Waals surface area (Å²) in [6.07, 6.45) is 11.6. The first kappa shape index (κ1) is 20.2. The Morgan fingerprint density at radius 1 is 0.778 bits per heavy atom. The summed E-state index contributed by atoms with van der Waals surface area (Å²) in [5.41, 5.74) is 0.583. The van der Waals surface area contributed by atoms with Gasteiger partial charge < -0.3 is 0 Å². The Kier molecular flexibility index (Phi) is 16.8. The SMILES string of the molecule is C1CCCCC1.CCC(C)(C)CC.CCOOC. The lowest BCUT2D eigenvalue weighted by atomic mass is 9.88. The minimum atomic E-state index is 0.583. The molecule has 0 spiro atoms. The number of hydrogen-bond acceptors (Lipinski definition) is 2. The van der Waals surface area contributed by atoms with Crippen LogP contribution in [0.1, 0.15) is 86.0 Å². The van der Waals surface area contributed by atoms with Crippen molar-refractivity contribution >= 4 is 0 Å². The third-order valence-electron chi connectivity index (χ3n) is 3.65. The summed E-state index contributed by atoms with van der Waals surface area (Å²) in [5, 5.41) is 0. The van der Waals surface area contributed by atoms with E-state index in [1.807, 2.05) is 6.92 Å². The zero-order valence-corrected chi connectivity index (χ0v) is 13.7. The van der Waals surface area contributed by atoms with Crippen LogP contribution in [0.5, 0.6) is 0 Å². The molecule has 0 atom stereocenters. The van der Waals surface area contributed by atoms with Crippen LogP contribution in [0.2, 0.25) is 0 Å². The molecule has 0 N–H and O–H groups in total. The molecule has 0 aliphatic heterocycles. The van der Waals surface area contributed by atoms with Crippen molar-refractivity contribution in [2.75, 3.05) is 13.7 Å². The fourth-order valence-electron chi connectivity index (χ4n) is 1.43. The average Bonchev–Trinajstić information content (AvgIpc) is 2.43. The van der Waals surface area contributed by atoms with Crippen molar-refractivity contribution in [3.8, 4) is 0 Å². The molecule has 1 fully saturated rings. The summed E-state index contributed by atoms with van der Waals surface area (Å²) in [7, 11) is 1.49. The van der Waals surface area contributed by atoms with Crippen LogP contribution in [0.25, 0.3) is 0 Å². The monoisotopic (exact) mass is 260 g/mol. The molecule has 1 aliphatic rings. The van der Waals surface area contributed by atoms with E-state index in [1.54, 1.807) is 0 Å². The summed E-state index contributed by atoms with van der Waals surface area (Å²) in [4.78, 5) is 8.52. The van der Waals surface area contributed by atoms with Gasteiger partial charge in [-0.25, -0.2) is 9.78 Å². The molecule has 1 saturated carbocycles. The highest BCUT2D eigenvalue weighted by Gasteiger charge is 2.09. The first-order valence-electron chi connectivity index (χ1n) is 7.69. The molecule has 0 radical (unpaired) electrons. The molecule has 2 heteroatoms. The quantitative estimate of drug-likeness (QED) is 0.473. The fraction of sp³-hybridized carbons (Fsp3) is 1.00. The van der Waals surface area contributed by atoms with Gasteiger partial charge in [0.1, 0.15) is 0 Å². The van der Waals surface area contributed by atoms with E-state index in [-0.39, 0.29) is 0 Å². The second kappa shape index (κ2) is 15.0. The highest BCUT2D eigenvalue weighted by atomic mass is 17.2. The van der Waals surface area contributed by atoms with Crippen LogP contribution in [0.4, 0.5) is 0 Å². The Bertz CT molecular complexity index is 121. The van der Waals surface area contributed by atoms with E-state index in [0.29, 0.717) is 12.0 Å². The maximum atomic E-state index is 4.33. The molecular weight excluding hydrogens is 224 g/mol. The van der Waals surface area contributed by atoms with E-state index in [4.69, 9.17) is 0 Å². The van der Waals surface area contributed by atoms with E-state index in [9.17, 15) is 0 Å². The van der Waals surface area contributed by atoms with Crippen molar-refractivity contribution in [1.29, 1.82) is 0 Å². The minimum absolute atomic E-state index is 0.583. The van der Waals surface area contributed by atoms with Gasteiger partial charge in [0.05, 0.1) is 13.7 Å². The molecule has 0 aromatic rings. The lowest BCUT2D eigenvalue weighted by molar-refractivity contribution is -0.268. The fourth-order valence-corrected chi connectivity index (χ4v) is 1.43. The topological polar surface area (TPSA) is 18.5 Å². The van der Waals surface area contributed by atoms with Crippen LogP contribution in [-0.2, 0) is 9.78 Å². The highest BCUT2D eigenvalue weighted by Crippen LogP contribution is 2.22. The Labute approximate surface area is 115 Å². The molecule has 0 saturated heterocycles. The Hall–Kier alpha value is -0.0800. The zero-order valence-electron chi connectivity index (χ0n) is 13.7. The molecule has 1 rings (SSSR count). The number of hydrogen-bond donors (Lipinski definition) is 0. The van der Waals surface area contributed by atoms with Gasteiger partial charge >= 0.3 is 0 Å². The largest absolute Gasteiger partial charge is 0.240 e. The van der Waals surface area contributed by atoms with Crippen LogP contribution in [-0.4, -0.2) is 13.7 Å². The summed E-state index contributed by atoms with van der Waals surface area (Å²) < 4.78 is 0. The Balaban J connectivity index is 0. The third kappa shape index (κ3) is 18.3. The minimum Gasteiger partial charge on any atom is -0.240 e. The van der Waals surface area contributed by atoms with Gasteiger partial charge in [0.15, 0.2) is 0 Å². The van der Waals surface area contributed by atoms with E-state index in [0.717, 1.165) is 0 Å². The van der Waals surface area contributed by atoms with Crippen molar-refractivity contribution in [1.82, 2.24) is 0 Å². The molecule has 112 valence electrons. The normalized spacial score (nSPS) is 15.0. The van der Waals surface area contributed by atoms with Gasteiger partial charge in [0, 0.05) is 0 Å². The molecule has 0 amide bonds. The first-order chi connectivity index (χ1) is 8.54. The second-order valence-electron chi connectivity index (χ2n) is 5.57. The van der Waals surface area contributed by atoms with Gasteiger partial charge in [-0.1, -0.05) is 79.1 Å². The van der Waals surface area contributed by atoms with Gasteiger partial charge in [0.2, 0.25) is 0 Å². The Morgan fingerprint density at radius 3 is 1.17 bits per heavy atom. The van der Waals surface area contributed by atoms with Gasteiger partial charge in [-0.05, 0) is 12.3 Å². The van der Waals surface area contributed by atoms with Crippen molar-refractivity contribution in [2.24, 2.45) is 5.41 Å². The van der Waals surface area contributed by atoms with Crippen LogP contribution in [0.3, 0.4) is 0 Å². The summed E-state index contributed by atoms with van der Waals surface area (Å²) in [6.45, 7) is 11.6. The maximum Gasteiger partial charge on any atom is 0.0794 e. The van der Waals surface area contributed by atoms with Crippen LogP contribution in [0.15, 0.2) is 0 Å². The summed E-state index contributed by atoms with van der Waals surface area (Å²) in [6, 6.07) is 0. The summed E-state index contributed by atoms with van der Waals surface area (Å²) >= 11 is 0. The first-order valence-corrected chi connectivity index (χ1v) is 7.69. The Morgan fingerprint density at radius 2 is 1.11 bits per heavy atom. The van der Waals surface area contributed by atoms with E-state index in [2.05, 4.69) is 37.5 Å². The van der Waals surface area contributed by atoms with Crippen molar-refractivity contribution < 1.29 is 9.78 Å². The smallest absolute Gasteiger partial charge is 0.0794 e. The third-order valence-corrected chi connectivity index (χ3v) is 3.65. The van der Waals surface area contributed by atoms with Gasteiger partial charge in [0.25, 0.3) is 0 Å². The zero-order chi connectivity index (χ0) is 14.3. The molecule has 0 aromatic heterocycles. The van der Waals surface area contributed by atoms with E-state index >= 15 is 0 Å². The predicted molar refractivity (Wildman–Crippen MR) is 80.7 cm³/mol. The molecule has 2 nitrogen and oxygen atoms in total. The molecule has 0 unspecified atom stereocenters. The van der Waals surface area contributed by atoms with Crippen molar-refractivity contribution in [2.45, 2.75) is 86.0 Å². The number of rotatable bonds is 4. The van der Waals surface area contributed by atoms with Crippen LogP contribution < -0.4 is 0 Å². The van der Waals surface area contributed by atoms with Gasteiger partial charge in [-0.15, -0.1) is 0 Å². The maximum absolute atomic E-state index is 4.33. The van der Waals surface area contributed by atoms with Crippen molar-refractivity contribution in [3.63, 3.8) is 0 Å². The molecule has 0 aromatic carbocycles. The van der Waals surface area contributed by atoms with Crippen LogP contribution in [0, 0.1) is 5.41 Å². The summed E-state index contributed by atoms with van der Waals surface area (Å²) in [5.74, 6) is 0. The molecule has 1 aliphatic carbocycles. The van der Waals surface area contributed by atoms with Gasteiger partial charge in [-0.3, -0.25) is 0 Å². The van der Waals surface area contributed by atoms with Gasteiger partial charge in [-0.2, -0.15) is 0 Å². The molecule has 18 heavy (non-hydrogen) atoms. The van der Waals surface area contributed by atoms with E-state index in [1.165, 1.54) is 58.5 Å². The standard InChI is InChI=1S/C7H16.C6H12.C3H8O2/c1-5-7(3,4)6-2;1-2-4-6-5-3-1;1-3-5-4-2/h5-6H2,1-4H3;1-6H2;3H2,1-2H3. The molecule has 0 heterocycles. The second-order valence-corrected chi connectivity index (χ2v) is 5.57. The van der Waals surface area contributed by atoms with Crippen molar-refractivity contribution in [3.05, 3.63) is 0 Å². The van der Waals surface area contributed by atoms with E-state index < -0.39 is 0 Å². The lowest BCUT2D eigenvalue weighted by Gasteiger charge is -2.18. The predicted octanol–water partition coefficient (Wildman–Crippen LogP) is 5.76. The highest BCUT2D eigenvalue weighted by molar-refractivity contribution is 4.61.